The highest BCUT2D eigenvalue weighted by Crippen LogP contribution is 2.37. The van der Waals surface area contributed by atoms with Crippen LogP contribution in [0.4, 0.5) is 5.69 Å². The van der Waals surface area contributed by atoms with Gasteiger partial charge in [0.25, 0.3) is 5.91 Å². The molecule has 126 valence electrons. The second-order valence-corrected chi connectivity index (χ2v) is 6.61. The lowest BCUT2D eigenvalue weighted by Crippen LogP contribution is -2.31. The minimum absolute atomic E-state index is 0.133. The molecular formula is C19H22N2O3. The average molecular weight is 326 g/mol. The number of benzene rings is 1. The van der Waals surface area contributed by atoms with Gasteiger partial charge in [-0.1, -0.05) is 18.2 Å². The lowest BCUT2D eigenvalue weighted by molar-refractivity contribution is -0.138. The molecule has 0 saturated carbocycles. The van der Waals surface area contributed by atoms with E-state index in [4.69, 9.17) is 0 Å². The number of hydrogen-bond acceptors (Lipinski definition) is 2. The fourth-order valence-corrected chi connectivity index (χ4v) is 3.74. The second kappa shape index (κ2) is 5.82. The van der Waals surface area contributed by atoms with Crippen LogP contribution in [0.2, 0.25) is 0 Å². The lowest BCUT2D eigenvalue weighted by atomic mass is 10.0. The molecule has 0 bridgehead atoms. The Morgan fingerprint density at radius 3 is 2.46 bits per heavy atom. The molecule has 0 spiro atoms. The quantitative estimate of drug-likeness (QED) is 0.939. The lowest BCUT2D eigenvalue weighted by Gasteiger charge is -2.18. The number of hydrogen-bond donors (Lipinski definition) is 1. The number of aliphatic carboxylic acids is 1. The summed E-state index contributed by atoms with van der Waals surface area (Å²) in [6.45, 7) is 8.28. The van der Waals surface area contributed by atoms with Crippen LogP contribution in [0.5, 0.6) is 0 Å². The van der Waals surface area contributed by atoms with Crippen LogP contribution in [0.3, 0.4) is 0 Å². The number of amides is 1. The van der Waals surface area contributed by atoms with Gasteiger partial charge >= 0.3 is 5.97 Å². The number of fused-ring (bicyclic) bond motifs is 1. The number of para-hydroxylation sites is 1. The number of carboxylic acids is 1. The van der Waals surface area contributed by atoms with Gasteiger partial charge in [0.15, 0.2) is 0 Å². The van der Waals surface area contributed by atoms with Gasteiger partial charge in [-0.25, -0.2) is 0 Å². The van der Waals surface area contributed by atoms with E-state index in [1.54, 1.807) is 11.0 Å². The Labute approximate surface area is 141 Å². The molecule has 3 rings (SSSR count). The van der Waals surface area contributed by atoms with Crippen molar-refractivity contribution in [1.29, 1.82) is 0 Å². The van der Waals surface area contributed by atoms with Gasteiger partial charge in [-0.05, 0) is 45.4 Å². The summed E-state index contributed by atoms with van der Waals surface area (Å²) < 4.78 is 2.13. The monoisotopic (exact) mass is 326 g/mol. The number of carbonyl (C=O) groups is 2. The minimum atomic E-state index is -0.898. The van der Waals surface area contributed by atoms with Crippen molar-refractivity contribution in [3.8, 4) is 0 Å². The molecular weight excluding hydrogens is 304 g/mol. The fourth-order valence-electron chi connectivity index (χ4n) is 3.74. The number of nitrogens with zero attached hydrogens (tertiary/aromatic N) is 2. The average Bonchev–Trinajstić information content (AvgIpc) is 3.04. The van der Waals surface area contributed by atoms with Crippen molar-refractivity contribution in [1.82, 2.24) is 4.57 Å². The Bertz CT molecular complexity index is 820. The molecule has 0 radical (unpaired) electrons. The maximum absolute atomic E-state index is 13.1. The van der Waals surface area contributed by atoms with Crippen LogP contribution in [0.15, 0.2) is 30.3 Å². The minimum Gasteiger partial charge on any atom is -0.481 e. The third-order valence-corrected chi connectivity index (χ3v) is 4.74. The maximum Gasteiger partial charge on any atom is 0.312 e. The summed E-state index contributed by atoms with van der Waals surface area (Å²) >= 11 is 0. The van der Waals surface area contributed by atoms with Crippen molar-refractivity contribution in [2.24, 2.45) is 0 Å². The van der Waals surface area contributed by atoms with Crippen LogP contribution < -0.4 is 4.90 Å². The van der Waals surface area contributed by atoms with Crippen LogP contribution in [0.25, 0.3) is 0 Å². The number of anilines is 1. The zero-order chi connectivity index (χ0) is 17.6. The van der Waals surface area contributed by atoms with Gasteiger partial charge in [0, 0.05) is 29.7 Å². The van der Waals surface area contributed by atoms with Crippen molar-refractivity contribution in [3.05, 3.63) is 52.8 Å². The molecule has 0 aliphatic carbocycles. The van der Waals surface area contributed by atoms with Crippen molar-refractivity contribution >= 4 is 17.6 Å². The van der Waals surface area contributed by atoms with E-state index in [0.717, 1.165) is 11.4 Å². The Morgan fingerprint density at radius 1 is 1.21 bits per heavy atom. The standard InChI is InChI=1S/C19H22N2O3/c1-11(2)21-12(3)9-15(13(21)4)18(22)20-10-16(19(23)24)14-7-5-6-8-17(14)20/h5-9,11,16H,10H2,1-4H3,(H,23,24). The third kappa shape index (κ3) is 2.40. The van der Waals surface area contributed by atoms with Crippen LogP contribution >= 0.6 is 0 Å². The summed E-state index contributed by atoms with van der Waals surface area (Å²) in [7, 11) is 0. The normalized spacial score (nSPS) is 16.5. The predicted molar refractivity (Wildman–Crippen MR) is 92.8 cm³/mol. The van der Waals surface area contributed by atoms with E-state index in [0.29, 0.717) is 16.8 Å². The molecule has 24 heavy (non-hydrogen) atoms. The molecule has 1 aliphatic rings. The Morgan fingerprint density at radius 2 is 1.88 bits per heavy atom. The summed E-state index contributed by atoms with van der Waals surface area (Å²) in [6.07, 6.45) is 0. The number of aromatic nitrogens is 1. The topological polar surface area (TPSA) is 62.5 Å². The Hall–Kier alpha value is -2.56. The summed E-state index contributed by atoms with van der Waals surface area (Å²) in [5, 5.41) is 9.46. The Balaban J connectivity index is 2.03. The highest BCUT2D eigenvalue weighted by molar-refractivity contribution is 6.09. The third-order valence-electron chi connectivity index (χ3n) is 4.74. The predicted octanol–water partition coefficient (Wildman–Crippen LogP) is 3.51. The highest BCUT2D eigenvalue weighted by atomic mass is 16.4. The summed E-state index contributed by atoms with van der Waals surface area (Å²) in [5.74, 6) is -1.70. The van der Waals surface area contributed by atoms with E-state index < -0.39 is 11.9 Å². The molecule has 1 N–H and O–H groups in total. The summed E-state index contributed by atoms with van der Waals surface area (Å²) in [6, 6.07) is 9.42. The van der Waals surface area contributed by atoms with E-state index in [2.05, 4.69) is 18.4 Å². The van der Waals surface area contributed by atoms with E-state index in [1.807, 2.05) is 38.1 Å². The first kappa shape index (κ1) is 16.3. The summed E-state index contributed by atoms with van der Waals surface area (Å²) in [5.41, 5.74) is 4.00. The van der Waals surface area contributed by atoms with Gasteiger partial charge in [0.1, 0.15) is 5.92 Å². The van der Waals surface area contributed by atoms with Gasteiger partial charge in [0.2, 0.25) is 0 Å². The van der Waals surface area contributed by atoms with E-state index >= 15 is 0 Å². The van der Waals surface area contributed by atoms with E-state index in [1.165, 1.54) is 0 Å². The molecule has 1 aromatic carbocycles. The molecule has 2 heterocycles. The number of carbonyl (C=O) groups excluding carboxylic acids is 1. The molecule has 0 saturated heterocycles. The van der Waals surface area contributed by atoms with Crippen molar-refractivity contribution < 1.29 is 14.7 Å². The van der Waals surface area contributed by atoms with Crippen molar-refractivity contribution in [3.63, 3.8) is 0 Å². The fraction of sp³-hybridized carbons (Fsp3) is 0.368. The van der Waals surface area contributed by atoms with Gasteiger partial charge < -0.3 is 14.6 Å². The molecule has 0 fully saturated rings. The summed E-state index contributed by atoms with van der Waals surface area (Å²) in [4.78, 5) is 26.2. The molecule has 5 heteroatoms. The van der Waals surface area contributed by atoms with E-state index in [9.17, 15) is 14.7 Å². The van der Waals surface area contributed by atoms with Gasteiger partial charge in [-0.2, -0.15) is 0 Å². The first-order valence-electron chi connectivity index (χ1n) is 8.15. The molecule has 1 aromatic heterocycles. The largest absolute Gasteiger partial charge is 0.481 e. The van der Waals surface area contributed by atoms with Crippen molar-refractivity contribution in [2.45, 2.75) is 39.7 Å². The van der Waals surface area contributed by atoms with Gasteiger partial charge in [-0.3, -0.25) is 9.59 Å². The maximum atomic E-state index is 13.1. The van der Waals surface area contributed by atoms with Gasteiger partial charge in [-0.15, -0.1) is 0 Å². The molecule has 1 amide bonds. The first-order chi connectivity index (χ1) is 11.3. The first-order valence-corrected chi connectivity index (χ1v) is 8.15. The zero-order valence-electron chi connectivity index (χ0n) is 14.4. The zero-order valence-corrected chi connectivity index (χ0v) is 14.4. The SMILES string of the molecule is Cc1cc(C(=O)N2CC(C(=O)O)c3ccccc32)c(C)n1C(C)C. The molecule has 2 aromatic rings. The van der Waals surface area contributed by atoms with Crippen molar-refractivity contribution in [2.75, 3.05) is 11.4 Å². The van der Waals surface area contributed by atoms with Gasteiger partial charge in [0.05, 0.1) is 5.56 Å². The molecule has 1 aliphatic heterocycles. The van der Waals surface area contributed by atoms with Crippen LogP contribution in [0.1, 0.15) is 53.1 Å². The van der Waals surface area contributed by atoms with Crippen LogP contribution in [-0.2, 0) is 4.79 Å². The molecule has 1 unspecified atom stereocenters. The molecule has 1 atom stereocenters. The molecule has 5 nitrogen and oxygen atoms in total. The highest BCUT2D eigenvalue weighted by Gasteiger charge is 2.37. The van der Waals surface area contributed by atoms with Crippen LogP contribution in [-0.4, -0.2) is 28.1 Å². The van der Waals surface area contributed by atoms with Crippen LogP contribution in [0, 0.1) is 13.8 Å². The number of carboxylic acid groups (broad SMARTS) is 1. The Kier molecular flexibility index (Phi) is 3.95. The number of rotatable bonds is 3. The smallest absolute Gasteiger partial charge is 0.312 e. The second-order valence-electron chi connectivity index (χ2n) is 6.61. The van der Waals surface area contributed by atoms with E-state index in [-0.39, 0.29) is 18.5 Å². The number of aryl methyl sites for hydroxylation is 1.